The fraction of sp³-hybridized carbons (Fsp3) is 0.105. The van der Waals surface area contributed by atoms with E-state index >= 15 is 0 Å². The first kappa shape index (κ1) is 14.4. The number of hydrogen-bond acceptors (Lipinski definition) is 4. The number of nitrogens with zero attached hydrogens (tertiary/aromatic N) is 3. The molecule has 0 saturated heterocycles. The van der Waals surface area contributed by atoms with Crippen LogP contribution >= 0.6 is 0 Å². The summed E-state index contributed by atoms with van der Waals surface area (Å²) in [5.74, 6) is 0.706. The number of hydrogen-bond donors (Lipinski definition) is 0. The van der Waals surface area contributed by atoms with Crippen molar-refractivity contribution in [3.05, 3.63) is 70.5 Å². The van der Waals surface area contributed by atoms with Gasteiger partial charge in [0.25, 0.3) is 5.89 Å². The van der Waals surface area contributed by atoms with Crippen LogP contribution in [0.1, 0.15) is 5.56 Å². The lowest BCUT2D eigenvalue weighted by atomic mass is 10.1. The molecule has 0 spiro atoms. The Hall–Kier alpha value is -3.21. The van der Waals surface area contributed by atoms with Crippen molar-refractivity contribution in [3.8, 4) is 22.8 Å². The van der Waals surface area contributed by atoms with Crippen LogP contribution in [0.2, 0.25) is 0 Å². The van der Waals surface area contributed by atoms with Gasteiger partial charge in [-0.25, -0.2) is 0 Å². The van der Waals surface area contributed by atoms with Crippen LogP contribution in [0.25, 0.3) is 33.7 Å². The molecule has 4 aromatic rings. The summed E-state index contributed by atoms with van der Waals surface area (Å²) in [4.78, 5) is 17.1. The lowest BCUT2D eigenvalue weighted by Crippen LogP contribution is -2.10. The zero-order valence-corrected chi connectivity index (χ0v) is 13.4. The van der Waals surface area contributed by atoms with E-state index in [2.05, 4.69) is 10.1 Å². The molecule has 4 rings (SSSR count). The maximum atomic E-state index is 12.7. The Labute approximate surface area is 138 Å². The molecule has 0 radical (unpaired) electrons. The van der Waals surface area contributed by atoms with Gasteiger partial charge in [-0.1, -0.05) is 47.1 Å². The average molecular weight is 317 g/mol. The maximum absolute atomic E-state index is 12.7. The SMILES string of the molecule is Cc1ccc(-c2noc(-c3cn(C)c4ccccc4c3=O)n2)cc1. The quantitative estimate of drug-likeness (QED) is 0.567. The van der Waals surface area contributed by atoms with Crippen LogP contribution in [0.3, 0.4) is 0 Å². The minimum absolute atomic E-state index is 0.109. The molecule has 0 atom stereocenters. The predicted octanol–water partition coefficient (Wildman–Crippen LogP) is 3.56. The Morgan fingerprint density at radius 3 is 2.58 bits per heavy atom. The Kier molecular flexibility index (Phi) is 3.27. The first-order chi connectivity index (χ1) is 11.6. The van der Waals surface area contributed by atoms with Crippen LogP contribution in [0, 0.1) is 6.92 Å². The second kappa shape index (κ2) is 5.45. The molecule has 0 unspecified atom stereocenters. The molecule has 2 aromatic carbocycles. The summed E-state index contributed by atoms with van der Waals surface area (Å²) < 4.78 is 7.24. The van der Waals surface area contributed by atoms with Gasteiger partial charge < -0.3 is 9.09 Å². The van der Waals surface area contributed by atoms with Crippen molar-refractivity contribution in [2.24, 2.45) is 7.05 Å². The molecule has 118 valence electrons. The van der Waals surface area contributed by atoms with Gasteiger partial charge in [-0.15, -0.1) is 0 Å². The van der Waals surface area contributed by atoms with Gasteiger partial charge in [-0.05, 0) is 19.1 Å². The molecule has 2 aromatic heterocycles. The van der Waals surface area contributed by atoms with Crippen molar-refractivity contribution in [1.29, 1.82) is 0 Å². The Morgan fingerprint density at radius 1 is 1.04 bits per heavy atom. The summed E-state index contributed by atoms with van der Waals surface area (Å²) in [5.41, 5.74) is 3.17. The summed E-state index contributed by atoms with van der Waals surface area (Å²) in [6, 6.07) is 15.3. The van der Waals surface area contributed by atoms with Crippen LogP contribution in [-0.2, 0) is 7.05 Å². The van der Waals surface area contributed by atoms with Crippen molar-refractivity contribution in [3.63, 3.8) is 0 Å². The molecule has 5 heteroatoms. The fourth-order valence-corrected chi connectivity index (χ4v) is 2.75. The molecule has 0 bridgehead atoms. The maximum Gasteiger partial charge on any atom is 0.263 e. The summed E-state index contributed by atoms with van der Waals surface area (Å²) in [7, 11) is 1.89. The van der Waals surface area contributed by atoms with Crippen molar-refractivity contribution >= 4 is 10.9 Å². The van der Waals surface area contributed by atoms with Crippen LogP contribution in [0.15, 0.2) is 64.0 Å². The molecular formula is C19H15N3O2. The Morgan fingerprint density at radius 2 is 1.79 bits per heavy atom. The van der Waals surface area contributed by atoms with Crippen molar-refractivity contribution < 1.29 is 4.52 Å². The third-order valence-electron chi connectivity index (χ3n) is 4.06. The first-order valence-electron chi connectivity index (χ1n) is 7.63. The van der Waals surface area contributed by atoms with Gasteiger partial charge in [0, 0.05) is 24.2 Å². The van der Waals surface area contributed by atoms with Crippen LogP contribution in [-0.4, -0.2) is 14.7 Å². The van der Waals surface area contributed by atoms with Gasteiger partial charge in [0.2, 0.25) is 11.3 Å². The monoisotopic (exact) mass is 317 g/mol. The number of para-hydroxylation sites is 1. The van der Waals surface area contributed by atoms with Crippen molar-refractivity contribution in [2.45, 2.75) is 6.92 Å². The molecule has 24 heavy (non-hydrogen) atoms. The lowest BCUT2D eigenvalue weighted by molar-refractivity contribution is 0.432. The predicted molar refractivity (Wildman–Crippen MR) is 92.7 cm³/mol. The molecule has 0 fully saturated rings. The fourth-order valence-electron chi connectivity index (χ4n) is 2.75. The Bertz CT molecular complexity index is 1090. The highest BCUT2D eigenvalue weighted by Crippen LogP contribution is 2.22. The van der Waals surface area contributed by atoms with E-state index in [0.717, 1.165) is 16.6 Å². The van der Waals surface area contributed by atoms with E-state index in [-0.39, 0.29) is 11.3 Å². The zero-order chi connectivity index (χ0) is 16.7. The molecule has 0 aliphatic carbocycles. The standard InChI is InChI=1S/C19H15N3O2/c1-12-7-9-13(10-8-12)18-20-19(24-21-18)15-11-22(2)16-6-4-3-5-14(16)17(15)23/h3-11H,1-2H3. The van der Waals surface area contributed by atoms with Gasteiger partial charge in [-0.3, -0.25) is 4.79 Å². The normalized spacial score (nSPS) is 11.1. The average Bonchev–Trinajstić information content (AvgIpc) is 3.08. The highest BCUT2D eigenvalue weighted by Gasteiger charge is 2.16. The zero-order valence-electron chi connectivity index (χ0n) is 13.4. The van der Waals surface area contributed by atoms with Crippen LogP contribution in [0.4, 0.5) is 0 Å². The number of fused-ring (bicyclic) bond motifs is 1. The summed E-state index contributed by atoms with van der Waals surface area (Å²) in [6.45, 7) is 2.02. The van der Waals surface area contributed by atoms with Gasteiger partial charge in [-0.2, -0.15) is 4.98 Å². The van der Waals surface area contributed by atoms with Gasteiger partial charge in [0.05, 0.1) is 5.52 Å². The highest BCUT2D eigenvalue weighted by atomic mass is 16.5. The molecule has 0 N–H and O–H groups in total. The van der Waals surface area contributed by atoms with Crippen molar-refractivity contribution in [1.82, 2.24) is 14.7 Å². The highest BCUT2D eigenvalue weighted by molar-refractivity contribution is 5.82. The topological polar surface area (TPSA) is 60.9 Å². The molecule has 0 amide bonds. The van der Waals surface area contributed by atoms with E-state index in [1.54, 1.807) is 12.3 Å². The summed E-state index contributed by atoms with van der Waals surface area (Å²) in [6.07, 6.45) is 1.73. The first-order valence-corrected chi connectivity index (χ1v) is 7.63. The van der Waals surface area contributed by atoms with Gasteiger partial charge in [0.1, 0.15) is 5.56 Å². The third-order valence-corrected chi connectivity index (χ3v) is 4.06. The van der Waals surface area contributed by atoms with Crippen molar-refractivity contribution in [2.75, 3.05) is 0 Å². The minimum Gasteiger partial charge on any atom is -0.350 e. The number of aryl methyl sites for hydroxylation is 2. The van der Waals surface area contributed by atoms with E-state index < -0.39 is 0 Å². The molecule has 0 aliphatic heterocycles. The number of benzene rings is 2. The molecule has 2 heterocycles. The van der Waals surface area contributed by atoms with Crippen LogP contribution < -0.4 is 5.43 Å². The number of aromatic nitrogens is 3. The number of pyridine rings is 1. The molecule has 5 nitrogen and oxygen atoms in total. The van der Waals surface area contributed by atoms with Crippen LogP contribution in [0.5, 0.6) is 0 Å². The smallest absolute Gasteiger partial charge is 0.263 e. The molecule has 0 aliphatic rings. The van der Waals surface area contributed by atoms with E-state index in [4.69, 9.17) is 4.52 Å². The van der Waals surface area contributed by atoms with E-state index in [1.807, 2.05) is 61.0 Å². The largest absolute Gasteiger partial charge is 0.350 e. The molecule has 0 saturated carbocycles. The summed E-state index contributed by atoms with van der Waals surface area (Å²) in [5, 5.41) is 4.64. The molecular weight excluding hydrogens is 302 g/mol. The number of rotatable bonds is 2. The van der Waals surface area contributed by atoms with E-state index in [9.17, 15) is 4.79 Å². The van der Waals surface area contributed by atoms with Gasteiger partial charge in [0.15, 0.2) is 0 Å². The second-order valence-electron chi connectivity index (χ2n) is 5.79. The Balaban J connectivity index is 1.86. The lowest BCUT2D eigenvalue weighted by Gasteiger charge is -2.06. The third kappa shape index (κ3) is 2.31. The minimum atomic E-state index is -0.109. The van der Waals surface area contributed by atoms with E-state index in [1.165, 1.54) is 0 Å². The van der Waals surface area contributed by atoms with Gasteiger partial charge >= 0.3 is 0 Å². The van der Waals surface area contributed by atoms with E-state index in [0.29, 0.717) is 16.8 Å². The summed E-state index contributed by atoms with van der Waals surface area (Å²) >= 11 is 0. The second-order valence-corrected chi connectivity index (χ2v) is 5.79.